The first kappa shape index (κ1) is 14.9. The SMILES string of the molecule is CNCC1CCC(C)(C)CC1c1ccc(C)c(Cl)c1. The zero-order chi connectivity index (χ0) is 14.0. The van der Waals surface area contributed by atoms with E-state index in [0.717, 1.165) is 17.5 Å². The lowest BCUT2D eigenvalue weighted by molar-refractivity contribution is 0.161. The Bertz CT molecular complexity index is 439. The zero-order valence-corrected chi connectivity index (χ0v) is 13.3. The van der Waals surface area contributed by atoms with Gasteiger partial charge in [0.25, 0.3) is 0 Å². The maximum absolute atomic E-state index is 6.31. The summed E-state index contributed by atoms with van der Waals surface area (Å²) in [6, 6.07) is 6.62. The van der Waals surface area contributed by atoms with Crippen LogP contribution in [0.25, 0.3) is 0 Å². The number of hydrogen-bond donors (Lipinski definition) is 1. The average molecular weight is 280 g/mol. The number of aryl methyl sites for hydroxylation is 1. The highest BCUT2D eigenvalue weighted by atomic mass is 35.5. The largest absolute Gasteiger partial charge is 0.319 e. The van der Waals surface area contributed by atoms with E-state index in [-0.39, 0.29) is 0 Å². The maximum Gasteiger partial charge on any atom is 0.0438 e. The molecule has 1 aromatic carbocycles. The fourth-order valence-electron chi connectivity index (χ4n) is 3.38. The smallest absolute Gasteiger partial charge is 0.0438 e. The van der Waals surface area contributed by atoms with E-state index >= 15 is 0 Å². The molecule has 1 N–H and O–H groups in total. The maximum atomic E-state index is 6.31. The molecule has 1 saturated carbocycles. The highest BCUT2D eigenvalue weighted by Gasteiger charge is 2.35. The zero-order valence-electron chi connectivity index (χ0n) is 12.6. The summed E-state index contributed by atoms with van der Waals surface area (Å²) in [5.74, 6) is 1.37. The van der Waals surface area contributed by atoms with E-state index < -0.39 is 0 Å². The van der Waals surface area contributed by atoms with Crippen LogP contribution in [-0.4, -0.2) is 13.6 Å². The first-order valence-corrected chi connectivity index (χ1v) is 7.71. The van der Waals surface area contributed by atoms with Crippen LogP contribution in [0.1, 0.15) is 50.2 Å². The van der Waals surface area contributed by atoms with Crippen molar-refractivity contribution in [2.45, 2.75) is 46.0 Å². The van der Waals surface area contributed by atoms with Gasteiger partial charge in [-0.2, -0.15) is 0 Å². The van der Waals surface area contributed by atoms with Gasteiger partial charge in [-0.15, -0.1) is 0 Å². The van der Waals surface area contributed by atoms with E-state index in [1.165, 1.54) is 30.4 Å². The minimum absolute atomic E-state index is 0.451. The van der Waals surface area contributed by atoms with Crippen molar-refractivity contribution < 1.29 is 0 Å². The summed E-state index contributed by atoms with van der Waals surface area (Å²) in [6.07, 6.45) is 3.90. The van der Waals surface area contributed by atoms with Crippen LogP contribution < -0.4 is 5.32 Å². The quantitative estimate of drug-likeness (QED) is 0.840. The Hall–Kier alpha value is -0.530. The van der Waals surface area contributed by atoms with Crippen molar-refractivity contribution in [2.75, 3.05) is 13.6 Å². The molecule has 2 atom stereocenters. The number of halogens is 1. The second-order valence-electron chi connectivity index (χ2n) is 6.84. The van der Waals surface area contributed by atoms with Gasteiger partial charge < -0.3 is 5.32 Å². The van der Waals surface area contributed by atoms with Crippen LogP contribution in [0.5, 0.6) is 0 Å². The fourth-order valence-corrected chi connectivity index (χ4v) is 3.57. The molecule has 2 unspecified atom stereocenters. The molecule has 0 saturated heterocycles. The lowest BCUT2D eigenvalue weighted by Gasteiger charge is -2.41. The monoisotopic (exact) mass is 279 g/mol. The van der Waals surface area contributed by atoms with Crippen molar-refractivity contribution in [2.24, 2.45) is 11.3 Å². The fraction of sp³-hybridized carbons (Fsp3) is 0.647. The van der Waals surface area contributed by atoms with Crippen molar-refractivity contribution in [3.8, 4) is 0 Å². The molecule has 1 fully saturated rings. The van der Waals surface area contributed by atoms with Crippen LogP contribution in [0.2, 0.25) is 5.02 Å². The molecule has 2 rings (SSSR count). The first-order chi connectivity index (χ1) is 8.93. The average Bonchev–Trinajstić information content (AvgIpc) is 2.35. The second kappa shape index (κ2) is 5.85. The van der Waals surface area contributed by atoms with E-state index in [2.05, 4.69) is 51.3 Å². The third-order valence-corrected chi connectivity index (χ3v) is 5.03. The Morgan fingerprint density at radius 1 is 1.37 bits per heavy atom. The van der Waals surface area contributed by atoms with Gasteiger partial charge in [-0.25, -0.2) is 0 Å². The molecule has 1 aliphatic rings. The molecular weight excluding hydrogens is 254 g/mol. The molecule has 1 aliphatic carbocycles. The molecule has 0 bridgehead atoms. The molecule has 0 radical (unpaired) electrons. The molecule has 19 heavy (non-hydrogen) atoms. The molecule has 0 aliphatic heterocycles. The molecule has 1 nitrogen and oxygen atoms in total. The molecule has 0 heterocycles. The number of nitrogens with one attached hydrogen (secondary N) is 1. The normalized spacial score (nSPS) is 26.4. The van der Waals surface area contributed by atoms with E-state index in [9.17, 15) is 0 Å². The predicted octanol–water partition coefficient (Wildman–Crippen LogP) is 4.78. The van der Waals surface area contributed by atoms with Crippen molar-refractivity contribution in [3.05, 3.63) is 34.3 Å². The van der Waals surface area contributed by atoms with Crippen LogP contribution >= 0.6 is 11.6 Å². The van der Waals surface area contributed by atoms with E-state index in [1.807, 2.05) is 0 Å². The van der Waals surface area contributed by atoms with Gasteiger partial charge >= 0.3 is 0 Å². The highest BCUT2D eigenvalue weighted by molar-refractivity contribution is 6.31. The van der Waals surface area contributed by atoms with Crippen LogP contribution in [0.4, 0.5) is 0 Å². The van der Waals surface area contributed by atoms with Gasteiger partial charge in [-0.3, -0.25) is 0 Å². The standard InChI is InChI=1S/C17H26ClN/c1-12-5-6-13(9-16(12)18)15-10-17(2,3)8-7-14(15)11-19-4/h5-6,9,14-15,19H,7-8,10-11H2,1-4H3. The summed E-state index contributed by atoms with van der Waals surface area (Å²) in [6.45, 7) is 7.96. The van der Waals surface area contributed by atoms with Gasteiger partial charge in [0.05, 0.1) is 0 Å². The molecule has 0 spiro atoms. The Morgan fingerprint density at radius 3 is 2.74 bits per heavy atom. The lowest BCUT2D eigenvalue weighted by Crippen LogP contribution is -2.33. The lowest BCUT2D eigenvalue weighted by atomic mass is 9.65. The molecule has 1 aromatic rings. The van der Waals surface area contributed by atoms with Crippen LogP contribution in [-0.2, 0) is 0 Å². The van der Waals surface area contributed by atoms with Crippen molar-refractivity contribution in [3.63, 3.8) is 0 Å². The molecule has 106 valence electrons. The Labute approximate surface area is 122 Å². The summed E-state index contributed by atoms with van der Waals surface area (Å²) in [4.78, 5) is 0. The van der Waals surface area contributed by atoms with Crippen LogP contribution in [0.15, 0.2) is 18.2 Å². The van der Waals surface area contributed by atoms with Crippen molar-refractivity contribution in [1.82, 2.24) is 5.32 Å². The topological polar surface area (TPSA) is 12.0 Å². The summed E-state index contributed by atoms with van der Waals surface area (Å²) >= 11 is 6.31. The van der Waals surface area contributed by atoms with Crippen molar-refractivity contribution >= 4 is 11.6 Å². The van der Waals surface area contributed by atoms with Crippen LogP contribution in [0, 0.1) is 18.3 Å². The minimum Gasteiger partial charge on any atom is -0.319 e. The number of benzene rings is 1. The molecule has 0 aromatic heterocycles. The third-order valence-electron chi connectivity index (χ3n) is 4.62. The molecular formula is C17H26ClN. The summed E-state index contributed by atoms with van der Waals surface area (Å²) in [5, 5.41) is 4.26. The van der Waals surface area contributed by atoms with E-state index in [1.54, 1.807) is 0 Å². The second-order valence-corrected chi connectivity index (χ2v) is 7.25. The minimum atomic E-state index is 0.451. The van der Waals surface area contributed by atoms with Gasteiger partial charge in [0.1, 0.15) is 0 Å². The number of rotatable bonds is 3. The van der Waals surface area contributed by atoms with E-state index in [0.29, 0.717) is 11.3 Å². The predicted molar refractivity (Wildman–Crippen MR) is 84.0 cm³/mol. The Kier molecular flexibility index (Phi) is 4.58. The van der Waals surface area contributed by atoms with Gasteiger partial charge in [-0.1, -0.05) is 37.6 Å². The summed E-state index contributed by atoms with van der Waals surface area (Å²) < 4.78 is 0. The summed E-state index contributed by atoms with van der Waals surface area (Å²) in [7, 11) is 2.05. The molecule has 0 amide bonds. The van der Waals surface area contributed by atoms with Gasteiger partial charge in [0.2, 0.25) is 0 Å². The third kappa shape index (κ3) is 3.52. The summed E-state index contributed by atoms with van der Waals surface area (Å²) in [5.41, 5.74) is 3.04. The number of hydrogen-bond acceptors (Lipinski definition) is 1. The van der Waals surface area contributed by atoms with Gasteiger partial charge in [-0.05, 0) is 74.2 Å². The Balaban J connectivity index is 2.27. The highest BCUT2D eigenvalue weighted by Crippen LogP contribution is 2.46. The van der Waals surface area contributed by atoms with E-state index in [4.69, 9.17) is 11.6 Å². The van der Waals surface area contributed by atoms with Crippen LogP contribution in [0.3, 0.4) is 0 Å². The first-order valence-electron chi connectivity index (χ1n) is 7.33. The van der Waals surface area contributed by atoms with Gasteiger partial charge in [0.15, 0.2) is 0 Å². The molecule has 2 heteroatoms. The Morgan fingerprint density at radius 2 is 2.11 bits per heavy atom. The van der Waals surface area contributed by atoms with Crippen molar-refractivity contribution in [1.29, 1.82) is 0 Å². The van der Waals surface area contributed by atoms with Gasteiger partial charge in [0, 0.05) is 5.02 Å².